The van der Waals surface area contributed by atoms with Crippen LogP contribution in [0.1, 0.15) is 197 Å². The van der Waals surface area contributed by atoms with Gasteiger partial charge in [-0.2, -0.15) is 0 Å². The van der Waals surface area contributed by atoms with Gasteiger partial charge >= 0.3 is 11.9 Å². The second-order valence-electron chi connectivity index (χ2n) is 17.3. The summed E-state index contributed by atoms with van der Waals surface area (Å²) < 4.78 is 14.0. The van der Waals surface area contributed by atoms with Gasteiger partial charge < -0.3 is 9.47 Å². The molecule has 0 spiro atoms. The van der Waals surface area contributed by atoms with Crippen molar-refractivity contribution in [2.24, 2.45) is 0 Å². The molecule has 0 unspecified atom stereocenters. The van der Waals surface area contributed by atoms with Crippen molar-refractivity contribution < 1.29 is 19.1 Å². The third kappa shape index (κ3) is 10.9. The summed E-state index contributed by atoms with van der Waals surface area (Å²) in [5.41, 5.74) is 3.76. The highest BCUT2D eigenvalue weighted by molar-refractivity contribution is 7.34. The molecule has 0 bridgehead atoms. The van der Waals surface area contributed by atoms with Crippen LogP contribution in [0.4, 0.5) is 0 Å². The number of carbonyl (C=O) groups is 2. The number of carbonyl (C=O) groups excluding carboxylic acids is 2. The van der Waals surface area contributed by atoms with E-state index in [0.29, 0.717) is 11.5 Å². The molecule has 4 aromatic rings. The van der Waals surface area contributed by atoms with Crippen LogP contribution in [0.15, 0.2) is 41.2 Å². The number of rotatable bonds is 27. The molecule has 6 heterocycles. The van der Waals surface area contributed by atoms with Gasteiger partial charge in [0.05, 0.1) is 4.88 Å². The number of cyclic esters (lactones) is 2. The van der Waals surface area contributed by atoms with E-state index in [0.717, 1.165) is 24.1 Å². The molecule has 58 heavy (non-hydrogen) atoms. The van der Waals surface area contributed by atoms with Crippen molar-refractivity contribution in [2.75, 3.05) is 0 Å². The first kappa shape index (κ1) is 45.0. The monoisotopic (exact) mass is 860 g/mol. The zero-order valence-corrected chi connectivity index (χ0v) is 39.6. The van der Waals surface area contributed by atoms with E-state index in [9.17, 15) is 9.59 Å². The van der Waals surface area contributed by atoms with E-state index >= 15 is 0 Å². The molecular weight excluding hydrogens is 793 g/mol. The second-order valence-corrected chi connectivity index (χ2v) is 21.5. The van der Waals surface area contributed by atoms with Gasteiger partial charge in [0.15, 0.2) is 5.76 Å². The summed E-state index contributed by atoms with van der Waals surface area (Å²) >= 11 is 7.65. The SMILES string of the molecule is CCCCCCCCCCCCc1c(-c2ccc(C3=C4C(=O)OC(C)=C4C(=O)O3)s2)sc2c(CCCCCCCCCCCC)c(-c3ccc(C(C)(C)CC)s3)sc12. The van der Waals surface area contributed by atoms with Crippen LogP contribution in [-0.4, -0.2) is 11.9 Å². The molecule has 0 amide bonds. The lowest BCUT2D eigenvalue weighted by Gasteiger charge is -2.20. The minimum atomic E-state index is -0.496. The average molecular weight is 861 g/mol. The summed E-state index contributed by atoms with van der Waals surface area (Å²) in [7, 11) is 0. The molecule has 0 aromatic carbocycles. The predicted octanol–water partition coefficient (Wildman–Crippen LogP) is 17.1. The molecule has 0 aliphatic carbocycles. The van der Waals surface area contributed by atoms with Crippen molar-refractivity contribution >= 4 is 72.4 Å². The number of allylic oxidation sites excluding steroid dienone is 1. The fraction of sp³-hybridized carbons (Fsp3) is 0.600. The number of esters is 2. The molecule has 316 valence electrons. The zero-order chi connectivity index (χ0) is 41.1. The van der Waals surface area contributed by atoms with Crippen LogP contribution >= 0.6 is 45.3 Å². The van der Waals surface area contributed by atoms with Crippen molar-refractivity contribution in [1.29, 1.82) is 0 Å². The largest absolute Gasteiger partial charge is 0.427 e. The standard InChI is InChI=1S/C50H68O4S4/c1-7-10-12-14-16-18-20-22-24-26-28-35-44(38-31-30-37(55-38)43-42-41(48(51)54-43)34(4)53-49(42)52)57-47-36(29-27-25-23-21-19-17-15-13-11-8-2)45(58-46(35)47)39-32-33-40(56-39)50(5,6)9-3/h30-33H,7-29H2,1-6H3. The Hall–Kier alpha value is -2.52. The van der Waals surface area contributed by atoms with Crippen LogP contribution in [-0.2, 0) is 37.3 Å². The minimum absolute atomic E-state index is 0.174. The number of ether oxygens (including phenoxy) is 2. The molecular formula is C50H68O4S4. The number of hydrogen-bond acceptors (Lipinski definition) is 8. The molecule has 2 aliphatic rings. The first-order chi connectivity index (χ1) is 28.2. The number of fused-ring (bicyclic) bond motifs is 2. The Morgan fingerprint density at radius 1 is 0.500 bits per heavy atom. The quantitative estimate of drug-likeness (QED) is 0.0443. The number of hydrogen-bond donors (Lipinski definition) is 0. The molecule has 0 saturated carbocycles. The van der Waals surface area contributed by atoms with Gasteiger partial charge in [0.1, 0.15) is 16.9 Å². The van der Waals surface area contributed by atoms with E-state index < -0.39 is 11.9 Å². The Bertz CT molecular complexity index is 2040. The van der Waals surface area contributed by atoms with Crippen LogP contribution in [0.3, 0.4) is 0 Å². The van der Waals surface area contributed by atoms with Crippen LogP contribution < -0.4 is 0 Å². The van der Waals surface area contributed by atoms with Crippen LogP contribution in [0, 0.1) is 0 Å². The Morgan fingerprint density at radius 2 is 0.931 bits per heavy atom. The van der Waals surface area contributed by atoms with Gasteiger partial charge in [0.2, 0.25) is 0 Å². The van der Waals surface area contributed by atoms with Crippen molar-refractivity contribution in [2.45, 2.75) is 195 Å². The van der Waals surface area contributed by atoms with Crippen LogP contribution in [0.25, 0.3) is 34.7 Å². The summed E-state index contributed by atoms with van der Waals surface area (Å²) in [5, 5.41) is 0. The van der Waals surface area contributed by atoms with Gasteiger partial charge in [-0.15, -0.1) is 45.3 Å². The number of unbranched alkanes of at least 4 members (excludes halogenated alkanes) is 18. The first-order valence-electron chi connectivity index (χ1n) is 22.9. The highest BCUT2D eigenvalue weighted by Crippen LogP contribution is 2.53. The lowest BCUT2D eigenvalue weighted by molar-refractivity contribution is -0.133. The van der Waals surface area contributed by atoms with Crippen molar-refractivity contribution in [1.82, 2.24) is 0 Å². The maximum atomic E-state index is 12.8. The third-order valence-corrected chi connectivity index (χ3v) is 18.0. The van der Waals surface area contributed by atoms with Gasteiger partial charge in [0.25, 0.3) is 0 Å². The summed E-state index contributed by atoms with van der Waals surface area (Å²) in [5.74, 6) is -0.314. The van der Waals surface area contributed by atoms with Gasteiger partial charge in [-0.25, -0.2) is 9.59 Å². The maximum absolute atomic E-state index is 12.8. The molecule has 4 nitrogen and oxygen atoms in total. The molecule has 0 atom stereocenters. The second kappa shape index (κ2) is 21.8. The lowest BCUT2D eigenvalue weighted by atomic mass is 9.89. The van der Waals surface area contributed by atoms with Gasteiger partial charge in [-0.1, -0.05) is 150 Å². The van der Waals surface area contributed by atoms with Gasteiger partial charge in [-0.05, 0) is 79.8 Å². The third-order valence-electron chi connectivity index (χ3n) is 12.4. The predicted molar refractivity (Wildman–Crippen MR) is 253 cm³/mol. The lowest BCUT2D eigenvalue weighted by Crippen LogP contribution is -2.12. The van der Waals surface area contributed by atoms with Gasteiger partial charge in [0, 0.05) is 33.8 Å². The molecule has 8 heteroatoms. The van der Waals surface area contributed by atoms with Crippen LogP contribution in [0.5, 0.6) is 0 Å². The summed E-state index contributed by atoms with van der Waals surface area (Å²) in [6, 6.07) is 8.99. The molecule has 0 fully saturated rings. The van der Waals surface area contributed by atoms with E-state index in [4.69, 9.17) is 9.47 Å². The van der Waals surface area contributed by atoms with Crippen LogP contribution in [0.2, 0.25) is 0 Å². The van der Waals surface area contributed by atoms with E-state index in [1.807, 2.05) is 40.1 Å². The van der Waals surface area contributed by atoms with E-state index in [2.05, 4.69) is 52.8 Å². The zero-order valence-electron chi connectivity index (χ0n) is 36.3. The fourth-order valence-electron chi connectivity index (χ4n) is 8.37. The molecule has 4 aromatic heterocycles. The Labute approximate surface area is 365 Å². The van der Waals surface area contributed by atoms with Gasteiger partial charge in [-0.3, -0.25) is 0 Å². The molecule has 2 aliphatic heterocycles. The highest BCUT2D eigenvalue weighted by atomic mass is 32.1. The summed E-state index contributed by atoms with van der Waals surface area (Å²) in [6.07, 6.45) is 30.0. The maximum Gasteiger partial charge on any atom is 0.348 e. The van der Waals surface area contributed by atoms with E-state index in [1.54, 1.807) is 23.8 Å². The first-order valence-corrected chi connectivity index (χ1v) is 26.1. The molecule has 6 rings (SSSR count). The van der Waals surface area contributed by atoms with E-state index in [1.165, 1.54) is 168 Å². The Kier molecular flexibility index (Phi) is 16.9. The number of thiophene rings is 4. The van der Waals surface area contributed by atoms with Crippen molar-refractivity contribution in [3.8, 4) is 19.5 Å². The van der Waals surface area contributed by atoms with E-state index in [-0.39, 0.29) is 16.6 Å². The minimum Gasteiger partial charge on any atom is -0.427 e. The summed E-state index contributed by atoms with van der Waals surface area (Å²) in [4.78, 5) is 33.3. The topological polar surface area (TPSA) is 52.6 Å². The fourth-order valence-corrected chi connectivity index (χ4v) is 13.8. The Morgan fingerprint density at radius 3 is 1.43 bits per heavy atom. The average Bonchev–Trinajstić information content (AvgIpc) is 4.06. The smallest absolute Gasteiger partial charge is 0.348 e. The normalized spacial score (nSPS) is 14.4. The van der Waals surface area contributed by atoms with Crippen molar-refractivity contribution in [3.63, 3.8) is 0 Å². The number of aryl methyl sites for hydroxylation is 2. The molecule has 0 N–H and O–H groups in total. The molecule has 0 saturated heterocycles. The highest BCUT2D eigenvalue weighted by Gasteiger charge is 2.44. The Balaban J connectivity index is 1.28. The molecule has 0 radical (unpaired) electrons. The van der Waals surface area contributed by atoms with Crippen molar-refractivity contribution in [3.05, 3.63) is 62.1 Å². The summed E-state index contributed by atoms with van der Waals surface area (Å²) in [6.45, 7) is 13.3.